The van der Waals surface area contributed by atoms with Crippen LogP contribution in [0.15, 0.2) is 24.3 Å². The van der Waals surface area contributed by atoms with Crippen LogP contribution < -0.4 is 10.6 Å². The fraction of sp³-hybridized carbons (Fsp3) is 0.538. The Bertz CT molecular complexity index is 920. The van der Waals surface area contributed by atoms with Gasteiger partial charge in [-0.3, -0.25) is 9.59 Å². The number of unbranched alkanes of at least 4 members (excludes halogenated alkanes) is 1. The van der Waals surface area contributed by atoms with Gasteiger partial charge in [0.2, 0.25) is 11.8 Å². The highest BCUT2D eigenvalue weighted by Gasteiger charge is 2.37. The molecule has 0 spiro atoms. The maximum atomic E-state index is 13.6. The van der Waals surface area contributed by atoms with Crippen LogP contribution in [-0.2, 0) is 14.3 Å². The van der Waals surface area contributed by atoms with Crippen molar-refractivity contribution in [1.29, 1.82) is 5.26 Å². The molecule has 0 aliphatic heterocycles. The number of carbonyl (C=O) groups excluding carboxylic acids is 3. The van der Waals surface area contributed by atoms with Crippen molar-refractivity contribution in [3.8, 4) is 18.4 Å². The Morgan fingerprint density at radius 3 is 2.26 bits per heavy atom. The number of ether oxygens (including phenoxy) is 1. The van der Waals surface area contributed by atoms with Gasteiger partial charge in [0, 0.05) is 12.1 Å². The Hall–Kier alpha value is -3.52. The molecule has 2 atom stereocenters. The number of rotatable bonds is 10. The average Bonchev–Trinajstić information content (AvgIpc) is 2.76. The van der Waals surface area contributed by atoms with E-state index in [0.717, 1.165) is 12.8 Å². The van der Waals surface area contributed by atoms with Crippen LogP contribution in [0.25, 0.3) is 0 Å². The Kier molecular flexibility index (Phi) is 11.1. The Labute approximate surface area is 203 Å². The first-order valence-electron chi connectivity index (χ1n) is 11.5. The quantitative estimate of drug-likeness (QED) is 0.310. The van der Waals surface area contributed by atoms with Gasteiger partial charge in [0.25, 0.3) is 0 Å². The predicted octanol–water partition coefficient (Wildman–Crippen LogP) is 3.53. The molecule has 0 heterocycles. The van der Waals surface area contributed by atoms with Crippen LogP contribution in [0.5, 0.6) is 0 Å². The molecule has 0 aromatic heterocycles. The monoisotopic (exact) mass is 468 g/mol. The molecule has 3 amide bonds. The van der Waals surface area contributed by atoms with Crippen molar-refractivity contribution in [2.45, 2.75) is 72.1 Å². The van der Waals surface area contributed by atoms with E-state index < -0.39 is 35.6 Å². The SMILES string of the molecule is C#Cc1ccc(C(C(=O)NCCCC)N(CC#N)C(=O)C(NC(=O)OC(C)(C)C)C(C)C)cc1. The number of terminal acetylenes is 1. The van der Waals surface area contributed by atoms with Gasteiger partial charge in [-0.1, -0.05) is 45.2 Å². The first kappa shape index (κ1) is 28.5. The van der Waals surface area contributed by atoms with E-state index in [1.807, 2.05) is 13.0 Å². The summed E-state index contributed by atoms with van der Waals surface area (Å²) in [6.45, 7) is 10.8. The summed E-state index contributed by atoms with van der Waals surface area (Å²) in [4.78, 5) is 40.5. The summed E-state index contributed by atoms with van der Waals surface area (Å²) in [7, 11) is 0. The number of amides is 3. The number of hydrogen-bond donors (Lipinski definition) is 2. The molecule has 0 fully saturated rings. The van der Waals surface area contributed by atoms with Gasteiger partial charge in [0.15, 0.2) is 0 Å². The molecular weight excluding hydrogens is 432 g/mol. The van der Waals surface area contributed by atoms with Crippen LogP contribution >= 0.6 is 0 Å². The van der Waals surface area contributed by atoms with Gasteiger partial charge < -0.3 is 20.3 Å². The molecule has 2 unspecified atom stereocenters. The lowest BCUT2D eigenvalue weighted by Gasteiger charge is -2.34. The van der Waals surface area contributed by atoms with E-state index >= 15 is 0 Å². The minimum Gasteiger partial charge on any atom is -0.444 e. The number of nitriles is 1. The van der Waals surface area contributed by atoms with Crippen molar-refractivity contribution in [3.05, 3.63) is 35.4 Å². The smallest absolute Gasteiger partial charge is 0.408 e. The van der Waals surface area contributed by atoms with E-state index in [0.29, 0.717) is 17.7 Å². The molecule has 1 rings (SSSR count). The zero-order valence-corrected chi connectivity index (χ0v) is 21.0. The second-order valence-corrected chi connectivity index (χ2v) is 9.31. The largest absolute Gasteiger partial charge is 0.444 e. The molecule has 1 aromatic carbocycles. The van der Waals surface area contributed by atoms with Crippen molar-refractivity contribution in [1.82, 2.24) is 15.5 Å². The van der Waals surface area contributed by atoms with Crippen molar-refractivity contribution in [3.63, 3.8) is 0 Å². The Balaban J connectivity index is 3.38. The minimum atomic E-state index is -1.07. The molecule has 0 bridgehead atoms. The van der Waals surface area contributed by atoms with Gasteiger partial charge in [-0.25, -0.2) is 4.79 Å². The van der Waals surface area contributed by atoms with E-state index in [1.54, 1.807) is 58.9 Å². The Morgan fingerprint density at radius 2 is 1.79 bits per heavy atom. The maximum Gasteiger partial charge on any atom is 0.408 e. The van der Waals surface area contributed by atoms with Crippen LogP contribution in [0.2, 0.25) is 0 Å². The number of alkyl carbamates (subject to hydrolysis) is 1. The lowest BCUT2D eigenvalue weighted by Crippen LogP contribution is -2.55. The molecular formula is C26H36N4O4. The molecule has 0 saturated heterocycles. The number of nitrogens with zero attached hydrogens (tertiary/aromatic N) is 2. The van der Waals surface area contributed by atoms with Gasteiger partial charge in [0.05, 0.1) is 6.07 Å². The van der Waals surface area contributed by atoms with Crippen LogP contribution in [0, 0.1) is 29.6 Å². The summed E-state index contributed by atoms with van der Waals surface area (Å²) in [6.07, 6.45) is 6.36. The second kappa shape index (κ2) is 13.3. The van der Waals surface area contributed by atoms with Gasteiger partial charge in [-0.15, -0.1) is 6.42 Å². The summed E-state index contributed by atoms with van der Waals surface area (Å²) in [6, 6.07) is 6.60. The van der Waals surface area contributed by atoms with Crippen molar-refractivity contribution in [2.75, 3.05) is 13.1 Å². The highest BCUT2D eigenvalue weighted by Crippen LogP contribution is 2.24. The first-order valence-corrected chi connectivity index (χ1v) is 11.5. The van der Waals surface area contributed by atoms with Crippen LogP contribution in [0.4, 0.5) is 4.79 Å². The van der Waals surface area contributed by atoms with E-state index in [9.17, 15) is 19.6 Å². The number of hydrogen-bond acceptors (Lipinski definition) is 5. The van der Waals surface area contributed by atoms with E-state index in [1.165, 1.54) is 4.90 Å². The summed E-state index contributed by atoms with van der Waals surface area (Å²) < 4.78 is 5.31. The number of benzene rings is 1. The standard InChI is InChI=1S/C26H36N4O4/c1-8-10-16-28-23(31)22(20-13-11-19(9-2)12-14-20)30(17-15-27)24(32)21(18(3)4)29-25(33)34-26(5,6)7/h2,11-14,18,21-22H,8,10,16-17H2,1,3-7H3,(H,28,31)(H,29,33). The van der Waals surface area contributed by atoms with Crippen molar-refractivity contribution >= 4 is 17.9 Å². The van der Waals surface area contributed by atoms with Crippen LogP contribution in [0.3, 0.4) is 0 Å². The average molecular weight is 469 g/mol. The third-order valence-corrected chi connectivity index (χ3v) is 4.91. The zero-order valence-electron chi connectivity index (χ0n) is 21.0. The third-order valence-electron chi connectivity index (χ3n) is 4.91. The molecule has 1 aromatic rings. The summed E-state index contributed by atoms with van der Waals surface area (Å²) in [5, 5.41) is 15.0. The molecule has 34 heavy (non-hydrogen) atoms. The van der Waals surface area contributed by atoms with E-state index in [-0.39, 0.29) is 12.5 Å². The van der Waals surface area contributed by atoms with Gasteiger partial charge in [0.1, 0.15) is 24.2 Å². The molecule has 184 valence electrons. The van der Waals surface area contributed by atoms with Gasteiger partial charge in [-0.2, -0.15) is 5.26 Å². The predicted molar refractivity (Wildman–Crippen MR) is 130 cm³/mol. The zero-order chi connectivity index (χ0) is 25.9. The van der Waals surface area contributed by atoms with Crippen molar-refractivity contribution < 1.29 is 19.1 Å². The lowest BCUT2D eigenvalue weighted by molar-refractivity contribution is -0.142. The second-order valence-electron chi connectivity index (χ2n) is 9.31. The molecule has 0 aliphatic carbocycles. The fourth-order valence-corrected chi connectivity index (χ4v) is 3.22. The van der Waals surface area contributed by atoms with E-state index in [2.05, 4.69) is 16.6 Å². The van der Waals surface area contributed by atoms with Crippen LogP contribution in [-0.4, -0.2) is 47.5 Å². The number of carbonyl (C=O) groups is 3. The number of nitrogens with one attached hydrogen (secondary N) is 2. The van der Waals surface area contributed by atoms with Crippen LogP contribution in [0.1, 0.15) is 71.6 Å². The Morgan fingerprint density at radius 1 is 1.18 bits per heavy atom. The summed E-state index contributed by atoms with van der Waals surface area (Å²) in [5.74, 6) is 1.23. The van der Waals surface area contributed by atoms with E-state index in [4.69, 9.17) is 11.2 Å². The fourth-order valence-electron chi connectivity index (χ4n) is 3.22. The summed E-state index contributed by atoms with van der Waals surface area (Å²) >= 11 is 0. The topological polar surface area (TPSA) is 112 Å². The molecule has 0 saturated carbocycles. The normalized spacial score (nSPS) is 12.6. The molecule has 2 N–H and O–H groups in total. The molecule has 8 heteroatoms. The first-order chi connectivity index (χ1) is 15.9. The lowest BCUT2D eigenvalue weighted by atomic mass is 9.98. The highest BCUT2D eigenvalue weighted by atomic mass is 16.6. The summed E-state index contributed by atoms with van der Waals surface area (Å²) in [5.41, 5.74) is 0.386. The minimum absolute atomic E-state index is 0.325. The maximum absolute atomic E-state index is 13.6. The molecule has 0 aliphatic rings. The molecule has 0 radical (unpaired) electrons. The van der Waals surface area contributed by atoms with Gasteiger partial charge in [-0.05, 0) is 50.8 Å². The molecule has 8 nitrogen and oxygen atoms in total. The highest BCUT2D eigenvalue weighted by molar-refractivity contribution is 5.92. The van der Waals surface area contributed by atoms with Gasteiger partial charge >= 0.3 is 6.09 Å². The van der Waals surface area contributed by atoms with Crippen molar-refractivity contribution in [2.24, 2.45) is 5.92 Å². The third kappa shape index (κ3) is 8.78.